The molecule has 8 heteroatoms. The van der Waals surface area contributed by atoms with Crippen molar-refractivity contribution < 1.29 is 9.66 Å². The lowest BCUT2D eigenvalue weighted by Crippen LogP contribution is -2.08. The molecule has 2 aromatic rings. The molecular weight excluding hydrogens is 298 g/mol. The van der Waals surface area contributed by atoms with E-state index in [1.54, 1.807) is 0 Å². The molecule has 122 valence electrons. The quantitative estimate of drug-likeness (QED) is 0.595. The molecule has 23 heavy (non-hydrogen) atoms. The zero-order chi connectivity index (χ0) is 16.8. The number of ether oxygens (including phenoxy) is 1. The van der Waals surface area contributed by atoms with E-state index in [0.29, 0.717) is 19.1 Å². The predicted octanol–water partition coefficient (Wildman–Crippen LogP) is 2.61. The topological polar surface area (TPSA) is 116 Å². The number of aromatic nitrogens is 2. The molecule has 0 radical (unpaired) electrons. The molecule has 0 bridgehead atoms. The normalized spacial score (nSPS) is 10.6. The van der Waals surface area contributed by atoms with E-state index < -0.39 is 4.92 Å². The summed E-state index contributed by atoms with van der Waals surface area (Å²) in [6.07, 6.45) is 1.09. The van der Waals surface area contributed by atoms with Crippen LogP contribution >= 0.6 is 0 Å². The van der Waals surface area contributed by atoms with Crippen LogP contribution in [0, 0.1) is 16.0 Å². The molecule has 2 rings (SSSR count). The van der Waals surface area contributed by atoms with E-state index in [4.69, 9.17) is 10.5 Å². The van der Waals surface area contributed by atoms with E-state index in [1.165, 1.54) is 0 Å². The lowest BCUT2D eigenvalue weighted by Gasteiger charge is -2.10. The van der Waals surface area contributed by atoms with Crippen LogP contribution in [0.5, 0.6) is 5.75 Å². The van der Waals surface area contributed by atoms with Crippen molar-refractivity contribution in [1.82, 2.24) is 9.97 Å². The van der Waals surface area contributed by atoms with Gasteiger partial charge < -0.3 is 15.8 Å². The first-order valence-electron chi connectivity index (χ1n) is 7.18. The maximum absolute atomic E-state index is 10.7. The van der Waals surface area contributed by atoms with Crippen molar-refractivity contribution in [2.75, 3.05) is 17.7 Å². The molecule has 3 N–H and O–H groups in total. The first-order chi connectivity index (χ1) is 11.0. The fourth-order valence-corrected chi connectivity index (χ4v) is 1.80. The average Bonchev–Trinajstić information content (AvgIpc) is 2.51. The van der Waals surface area contributed by atoms with E-state index in [-0.39, 0.29) is 17.5 Å². The first-order valence-corrected chi connectivity index (χ1v) is 7.18. The van der Waals surface area contributed by atoms with Crippen LogP contribution in [-0.2, 0) is 6.54 Å². The Morgan fingerprint density at radius 3 is 2.87 bits per heavy atom. The average molecular weight is 317 g/mol. The molecule has 0 aliphatic heterocycles. The van der Waals surface area contributed by atoms with Gasteiger partial charge in [0.25, 0.3) is 0 Å². The molecule has 0 saturated heterocycles. The molecule has 1 heterocycles. The predicted molar refractivity (Wildman–Crippen MR) is 87.2 cm³/mol. The highest BCUT2D eigenvalue weighted by molar-refractivity contribution is 5.53. The van der Waals surface area contributed by atoms with Crippen LogP contribution in [0.25, 0.3) is 0 Å². The third-order valence-corrected chi connectivity index (χ3v) is 2.93. The van der Waals surface area contributed by atoms with Crippen LogP contribution in [0.1, 0.15) is 19.4 Å². The first kappa shape index (κ1) is 16.5. The Balaban J connectivity index is 1.99. The van der Waals surface area contributed by atoms with E-state index >= 15 is 0 Å². The maximum Gasteiger partial charge on any atom is 0.329 e. The highest BCUT2D eigenvalue weighted by Gasteiger charge is 2.13. The van der Waals surface area contributed by atoms with Crippen molar-refractivity contribution in [1.29, 1.82) is 0 Å². The van der Waals surface area contributed by atoms with Gasteiger partial charge in [0.1, 0.15) is 11.9 Å². The number of hydrogen-bond acceptors (Lipinski definition) is 7. The second-order valence-electron chi connectivity index (χ2n) is 5.43. The molecule has 0 fully saturated rings. The van der Waals surface area contributed by atoms with Crippen molar-refractivity contribution in [2.24, 2.45) is 5.92 Å². The zero-order valence-corrected chi connectivity index (χ0v) is 13.0. The van der Waals surface area contributed by atoms with Gasteiger partial charge in [-0.3, -0.25) is 10.1 Å². The minimum Gasteiger partial charge on any atom is -0.493 e. The second kappa shape index (κ2) is 7.39. The molecule has 0 atom stereocenters. The third kappa shape index (κ3) is 4.80. The lowest BCUT2D eigenvalue weighted by molar-refractivity contribution is -0.384. The Morgan fingerprint density at radius 2 is 2.22 bits per heavy atom. The van der Waals surface area contributed by atoms with Gasteiger partial charge in [0.15, 0.2) is 0 Å². The summed E-state index contributed by atoms with van der Waals surface area (Å²) in [5.74, 6) is 1.32. The highest BCUT2D eigenvalue weighted by Crippen LogP contribution is 2.19. The molecule has 0 aliphatic rings. The monoisotopic (exact) mass is 317 g/mol. The van der Waals surface area contributed by atoms with Gasteiger partial charge in [-0.25, -0.2) is 4.98 Å². The van der Waals surface area contributed by atoms with E-state index in [1.807, 2.05) is 24.3 Å². The Morgan fingerprint density at radius 1 is 1.43 bits per heavy atom. The van der Waals surface area contributed by atoms with Gasteiger partial charge in [-0.1, -0.05) is 26.0 Å². The summed E-state index contributed by atoms with van der Waals surface area (Å²) in [5.41, 5.74) is 6.20. The molecule has 0 aliphatic carbocycles. The molecule has 0 saturated carbocycles. The van der Waals surface area contributed by atoms with Crippen LogP contribution in [0.4, 0.5) is 17.5 Å². The SMILES string of the molecule is CC(C)COc1cccc(CNc2ncc([N+](=O)[O-])c(N)n2)c1. The fraction of sp³-hybridized carbons (Fsp3) is 0.333. The van der Waals surface area contributed by atoms with Gasteiger partial charge in [-0.15, -0.1) is 0 Å². The Labute approximate surface area is 133 Å². The molecule has 0 amide bonds. The number of nitrogens with two attached hydrogens (primary N) is 1. The third-order valence-electron chi connectivity index (χ3n) is 2.93. The number of hydrogen-bond donors (Lipinski definition) is 2. The molecule has 0 spiro atoms. The molecule has 0 unspecified atom stereocenters. The maximum atomic E-state index is 10.7. The van der Waals surface area contributed by atoms with Gasteiger partial charge in [0, 0.05) is 6.54 Å². The van der Waals surface area contributed by atoms with Crippen LogP contribution < -0.4 is 15.8 Å². The van der Waals surface area contributed by atoms with Crippen molar-refractivity contribution in [3.8, 4) is 5.75 Å². The minimum absolute atomic E-state index is 0.165. The molecule has 1 aromatic heterocycles. The number of nitrogens with zero attached hydrogens (tertiary/aromatic N) is 3. The van der Waals surface area contributed by atoms with Crippen molar-refractivity contribution in [3.05, 3.63) is 46.1 Å². The highest BCUT2D eigenvalue weighted by atomic mass is 16.6. The van der Waals surface area contributed by atoms with E-state index in [0.717, 1.165) is 17.5 Å². The fourth-order valence-electron chi connectivity index (χ4n) is 1.80. The smallest absolute Gasteiger partial charge is 0.329 e. The van der Waals surface area contributed by atoms with Gasteiger partial charge in [0.2, 0.25) is 11.8 Å². The van der Waals surface area contributed by atoms with Gasteiger partial charge in [0.05, 0.1) is 11.5 Å². The number of nitrogen functional groups attached to an aromatic ring is 1. The number of benzene rings is 1. The number of nitrogens with one attached hydrogen (secondary N) is 1. The summed E-state index contributed by atoms with van der Waals surface area (Å²) in [6.45, 7) is 5.28. The number of anilines is 2. The van der Waals surface area contributed by atoms with E-state index in [9.17, 15) is 10.1 Å². The van der Waals surface area contributed by atoms with Crippen molar-refractivity contribution in [2.45, 2.75) is 20.4 Å². The summed E-state index contributed by atoms with van der Waals surface area (Å²) in [4.78, 5) is 17.8. The summed E-state index contributed by atoms with van der Waals surface area (Å²) in [6, 6.07) is 7.65. The zero-order valence-electron chi connectivity index (χ0n) is 13.0. The summed E-state index contributed by atoms with van der Waals surface area (Å²) < 4.78 is 5.67. The van der Waals surface area contributed by atoms with Crippen LogP contribution in [0.3, 0.4) is 0 Å². The Kier molecular flexibility index (Phi) is 5.29. The Bertz CT molecular complexity index is 691. The van der Waals surface area contributed by atoms with Crippen molar-refractivity contribution >= 4 is 17.5 Å². The number of rotatable bonds is 7. The largest absolute Gasteiger partial charge is 0.493 e. The van der Waals surface area contributed by atoms with Crippen molar-refractivity contribution in [3.63, 3.8) is 0 Å². The summed E-state index contributed by atoms with van der Waals surface area (Å²) in [7, 11) is 0. The lowest BCUT2D eigenvalue weighted by atomic mass is 10.2. The standard InChI is InChI=1S/C15H19N5O3/c1-10(2)9-23-12-5-3-4-11(6-12)7-17-15-18-8-13(20(21)22)14(16)19-15/h3-6,8,10H,7,9H2,1-2H3,(H3,16,17,18,19). The summed E-state index contributed by atoms with van der Waals surface area (Å²) in [5, 5.41) is 13.7. The van der Waals surface area contributed by atoms with Crippen LogP contribution in [0.2, 0.25) is 0 Å². The molecule has 8 nitrogen and oxygen atoms in total. The van der Waals surface area contributed by atoms with Gasteiger partial charge in [-0.05, 0) is 23.6 Å². The van der Waals surface area contributed by atoms with Gasteiger partial charge >= 0.3 is 5.69 Å². The van der Waals surface area contributed by atoms with Crippen LogP contribution in [0.15, 0.2) is 30.5 Å². The minimum atomic E-state index is -0.616. The number of nitro groups is 1. The molecule has 1 aromatic carbocycles. The van der Waals surface area contributed by atoms with E-state index in [2.05, 4.69) is 29.1 Å². The summed E-state index contributed by atoms with van der Waals surface area (Å²) >= 11 is 0. The second-order valence-corrected chi connectivity index (χ2v) is 5.43. The van der Waals surface area contributed by atoms with Gasteiger partial charge in [-0.2, -0.15) is 4.98 Å². The van der Waals surface area contributed by atoms with Crippen LogP contribution in [-0.4, -0.2) is 21.5 Å². The Hall–Kier alpha value is -2.90. The molecular formula is C15H19N5O3.